The van der Waals surface area contributed by atoms with Crippen molar-refractivity contribution in [3.8, 4) is 22.8 Å². The Kier molecular flexibility index (Phi) is 5.31. The second-order valence-corrected chi connectivity index (χ2v) is 7.11. The summed E-state index contributed by atoms with van der Waals surface area (Å²) < 4.78 is 17.1. The van der Waals surface area contributed by atoms with Gasteiger partial charge in [0.25, 0.3) is 0 Å². The van der Waals surface area contributed by atoms with E-state index in [1.807, 2.05) is 30.3 Å². The fourth-order valence-electron chi connectivity index (χ4n) is 3.69. The first-order chi connectivity index (χ1) is 14.1. The molecular formula is C22H25N3O4. The van der Waals surface area contributed by atoms with Crippen LogP contribution in [0, 0.1) is 0 Å². The molecule has 4 rings (SSSR count). The maximum atomic E-state index is 9.64. The molecule has 0 saturated carbocycles. The predicted molar refractivity (Wildman–Crippen MR) is 112 cm³/mol. The Morgan fingerprint density at radius 1 is 0.966 bits per heavy atom. The van der Waals surface area contributed by atoms with Crippen LogP contribution in [-0.2, 0) is 0 Å². The van der Waals surface area contributed by atoms with Crippen molar-refractivity contribution in [2.24, 2.45) is 5.16 Å². The summed E-state index contributed by atoms with van der Waals surface area (Å²) in [5.74, 6) is 1.84. The van der Waals surface area contributed by atoms with E-state index < -0.39 is 0 Å². The maximum Gasteiger partial charge on any atom is 0.161 e. The van der Waals surface area contributed by atoms with Crippen LogP contribution >= 0.6 is 0 Å². The molecule has 7 nitrogen and oxygen atoms in total. The summed E-state index contributed by atoms with van der Waals surface area (Å²) in [5.41, 5.74) is 2.52. The number of likely N-dealkylation sites (N-methyl/N-ethyl adjacent to an activating group) is 1. The van der Waals surface area contributed by atoms with Gasteiger partial charge in [-0.15, -0.1) is 0 Å². The molecule has 0 atom stereocenters. The van der Waals surface area contributed by atoms with Crippen molar-refractivity contribution >= 4 is 16.7 Å². The fraction of sp³-hybridized carbons (Fsp3) is 0.318. The van der Waals surface area contributed by atoms with E-state index in [1.54, 1.807) is 20.3 Å². The van der Waals surface area contributed by atoms with Gasteiger partial charge in [0.15, 0.2) is 17.1 Å². The number of piperazine rings is 1. The van der Waals surface area contributed by atoms with Gasteiger partial charge in [-0.3, -0.25) is 0 Å². The zero-order valence-corrected chi connectivity index (χ0v) is 16.9. The third kappa shape index (κ3) is 3.61. The minimum atomic E-state index is 0.465. The van der Waals surface area contributed by atoms with Crippen LogP contribution in [0.2, 0.25) is 0 Å². The molecule has 1 aromatic heterocycles. The quantitative estimate of drug-likeness (QED) is 0.541. The number of nitrogens with zero attached hydrogens (tertiary/aromatic N) is 3. The molecule has 2 aromatic carbocycles. The zero-order chi connectivity index (χ0) is 20.4. The first-order valence-electron chi connectivity index (χ1n) is 9.55. The second-order valence-electron chi connectivity index (χ2n) is 7.11. The van der Waals surface area contributed by atoms with Crippen LogP contribution < -0.4 is 19.7 Å². The number of hydrogen-bond acceptors (Lipinski definition) is 7. The SMILES string of the molecule is COc1ccc(-c2c/c(=N\O)c3cccc(N4CCN(C)CC4)c3o2)cc1OC. The molecule has 0 aliphatic carbocycles. The number of ether oxygens (including phenoxy) is 2. The predicted octanol–water partition coefficient (Wildman–Crippen LogP) is 3.16. The highest BCUT2D eigenvalue weighted by Crippen LogP contribution is 2.34. The molecule has 0 amide bonds. The average Bonchev–Trinajstić information content (AvgIpc) is 2.78. The molecule has 1 saturated heterocycles. The van der Waals surface area contributed by atoms with Crippen LogP contribution in [0.1, 0.15) is 0 Å². The lowest BCUT2D eigenvalue weighted by molar-refractivity contribution is 0.302. The van der Waals surface area contributed by atoms with Gasteiger partial charge >= 0.3 is 0 Å². The van der Waals surface area contributed by atoms with Gasteiger partial charge in [-0.05, 0) is 37.4 Å². The molecule has 0 bridgehead atoms. The number of anilines is 1. The van der Waals surface area contributed by atoms with Gasteiger partial charge in [0.2, 0.25) is 0 Å². The van der Waals surface area contributed by atoms with Crippen molar-refractivity contribution in [3.05, 3.63) is 47.8 Å². The van der Waals surface area contributed by atoms with Crippen molar-refractivity contribution in [2.45, 2.75) is 0 Å². The van der Waals surface area contributed by atoms with Crippen LogP contribution in [-0.4, -0.2) is 57.6 Å². The lowest BCUT2D eigenvalue weighted by atomic mass is 10.1. The van der Waals surface area contributed by atoms with E-state index in [0.717, 1.165) is 42.8 Å². The third-order valence-corrected chi connectivity index (χ3v) is 5.37. The molecule has 152 valence electrons. The topological polar surface area (TPSA) is 70.7 Å². The van der Waals surface area contributed by atoms with Gasteiger partial charge in [-0.2, -0.15) is 0 Å². The molecule has 1 aliphatic rings. The number of methoxy groups -OCH3 is 2. The van der Waals surface area contributed by atoms with Crippen LogP contribution in [0.15, 0.2) is 52.0 Å². The first kappa shape index (κ1) is 19.1. The molecule has 7 heteroatoms. The monoisotopic (exact) mass is 395 g/mol. The molecule has 1 fully saturated rings. The Morgan fingerprint density at radius 2 is 1.72 bits per heavy atom. The Morgan fingerprint density at radius 3 is 2.41 bits per heavy atom. The average molecular weight is 395 g/mol. The maximum absolute atomic E-state index is 9.64. The van der Waals surface area contributed by atoms with E-state index in [4.69, 9.17) is 13.9 Å². The van der Waals surface area contributed by atoms with Gasteiger partial charge in [0.1, 0.15) is 11.1 Å². The normalized spacial score (nSPS) is 15.7. The van der Waals surface area contributed by atoms with E-state index in [2.05, 4.69) is 28.1 Å². The van der Waals surface area contributed by atoms with Gasteiger partial charge in [-0.1, -0.05) is 11.2 Å². The fourth-order valence-corrected chi connectivity index (χ4v) is 3.69. The van der Waals surface area contributed by atoms with E-state index in [-0.39, 0.29) is 0 Å². The lowest BCUT2D eigenvalue weighted by Crippen LogP contribution is -2.44. The third-order valence-electron chi connectivity index (χ3n) is 5.37. The lowest BCUT2D eigenvalue weighted by Gasteiger charge is -2.34. The van der Waals surface area contributed by atoms with E-state index >= 15 is 0 Å². The largest absolute Gasteiger partial charge is 0.493 e. The Labute approximate surface area is 169 Å². The van der Waals surface area contributed by atoms with Crippen LogP contribution in [0.3, 0.4) is 0 Å². The van der Waals surface area contributed by atoms with Crippen LogP contribution in [0.4, 0.5) is 5.69 Å². The summed E-state index contributed by atoms with van der Waals surface area (Å²) in [6.45, 7) is 3.81. The van der Waals surface area contributed by atoms with E-state index in [1.165, 1.54) is 0 Å². The summed E-state index contributed by atoms with van der Waals surface area (Å²) >= 11 is 0. The molecule has 0 radical (unpaired) electrons. The van der Waals surface area contributed by atoms with Crippen LogP contribution in [0.25, 0.3) is 22.3 Å². The van der Waals surface area contributed by atoms with E-state index in [0.29, 0.717) is 28.2 Å². The molecule has 1 aliphatic heterocycles. The van der Waals surface area contributed by atoms with Crippen molar-refractivity contribution in [3.63, 3.8) is 0 Å². The van der Waals surface area contributed by atoms with E-state index in [9.17, 15) is 5.21 Å². The number of para-hydroxylation sites is 1. The summed E-state index contributed by atoms with van der Waals surface area (Å²) in [6, 6.07) is 13.2. The summed E-state index contributed by atoms with van der Waals surface area (Å²) in [7, 11) is 5.32. The zero-order valence-electron chi connectivity index (χ0n) is 16.9. The first-order valence-corrected chi connectivity index (χ1v) is 9.55. The molecule has 0 unspecified atom stereocenters. The Balaban J connectivity index is 1.88. The minimum Gasteiger partial charge on any atom is -0.493 e. The number of rotatable bonds is 4. The molecule has 1 N–H and O–H groups in total. The highest BCUT2D eigenvalue weighted by molar-refractivity contribution is 5.90. The van der Waals surface area contributed by atoms with Crippen LogP contribution in [0.5, 0.6) is 11.5 Å². The minimum absolute atomic E-state index is 0.465. The van der Waals surface area contributed by atoms with Gasteiger partial charge in [0, 0.05) is 43.2 Å². The summed E-state index contributed by atoms with van der Waals surface area (Å²) in [5, 5.41) is 14.4. The second kappa shape index (κ2) is 8.05. The molecule has 2 heterocycles. The molecule has 0 spiro atoms. The molecule has 29 heavy (non-hydrogen) atoms. The summed E-state index contributed by atoms with van der Waals surface area (Å²) in [6.07, 6.45) is 0. The smallest absolute Gasteiger partial charge is 0.161 e. The Hall–Kier alpha value is -3.19. The van der Waals surface area contributed by atoms with Crippen molar-refractivity contribution in [1.29, 1.82) is 0 Å². The standard InChI is InChI=1S/C22H25N3O4/c1-24-9-11-25(12-10-24)18-6-4-5-16-17(23-26)14-20(29-22(16)18)15-7-8-19(27-2)21(13-15)28-3/h4-8,13-14,26H,9-12H2,1-3H3/b23-17+. The van der Waals surface area contributed by atoms with Gasteiger partial charge in [-0.25, -0.2) is 0 Å². The Bertz CT molecular complexity index is 1090. The number of benzene rings is 2. The van der Waals surface area contributed by atoms with Crippen molar-refractivity contribution in [1.82, 2.24) is 4.90 Å². The van der Waals surface area contributed by atoms with Crippen molar-refractivity contribution in [2.75, 3.05) is 52.3 Å². The van der Waals surface area contributed by atoms with Gasteiger partial charge < -0.3 is 28.9 Å². The molecular weight excluding hydrogens is 370 g/mol. The van der Waals surface area contributed by atoms with Gasteiger partial charge in [0.05, 0.1) is 19.9 Å². The number of fused-ring (bicyclic) bond motifs is 1. The number of hydrogen-bond donors (Lipinski definition) is 1. The highest BCUT2D eigenvalue weighted by atomic mass is 16.5. The highest BCUT2D eigenvalue weighted by Gasteiger charge is 2.19. The van der Waals surface area contributed by atoms with Crippen molar-refractivity contribution < 1.29 is 19.1 Å². The molecule has 3 aromatic rings. The summed E-state index contributed by atoms with van der Waals surface area (Å²) in [4.78, 5) is 4.62.